The quantitative estimate of drug-likeness (QED) is 0.462. The Labute approximate surface area is 170 Å². The molecule has 0 saturated heterocycles. The Bertz CT molecular complexity index is 690. The summed E-state index contributed by atoms with van der Waals surface area (Å²) in [6.07, 6.45) is 6.32. The largest absolute Gasteiger partial charge is 0.354 e. The average Bonchev–Trinajstić information content (AvgIpc) is 3.16. The maximum absolute atomic E-state index is 4.46. The molecule has 0 saturated carbocycles. The molecule has 0 spiro atoms. The van der Waals surface area contributed by atoms with Gasteiger partial charge in [-0.25, -0.2) is 0 Å². The van der Waals surface area contributed by atoms with Crippen LogP contribution < -0.4 is 10.6 Å². The molecular formula is C22H36N6. The van der Waals surface area contributed by atoms with Crippen LogP contribution in [0.5, 0.6) is 0 Å². The molecule has 6 nitrogen and oxygen atoms in total. The first kappa shape index (κ1) is 22.0. The number of guanidine groups is 1. The normalized spacial score (nSPS) is 13.0. The molecule has 2 N–H and O–H groups in total. The highest BCUT2D eigenvalue weighted by Gasteiger charge is 2.07. The van der Waals surface area contributed by atoms with Crippen LogP contribution in [0.25, 0.3) is 0 Å². The number of nitrogens with zero attached hydrogens (tertiary/aromatic N) is 4. The Morgan fingerprint density at radius 1 is 1.18 bits per heavy atom. The minimum atomic E-state index is 0.391. The van der Waals surface area contributed by atoms with Gasteiger partial charge in [0.05, 0.1) is 12.7 Å². The standard InChI is InChI=1S/C22H36N6/c1-5-27(6-2)14-10-11-19(3)26-22(23-4)24-15-21-16-25-28(18-21)17-20-12-8-7-9-13-20/h7-9,12-13,16,18-19H,5-6,10-11,14-15,17H2,1-4H3,(H2,23,24,26). The molecule has 1 heterocycles. The van der Waals surface area contributed by atoms with Gasteiger partial charge in [0.2, 0.25) is 0 Å². The molecule has 2 rings (SSSR count). The monoisotopic (exact) mass is 384 g/mol. The number of aromatic nitrogens is 2. The van der Waals surface area contributed by atoms with E-state index >= 15 is 0 Å². The molecule has 0 aliphatic rings. The highest BCUT2D eigenvalue weighted by Crippen LogP contribution is 2.04. The van der Waals surface area contributed by atoms with E-state index in [0.717, 1.165) is 44.1 Å². The van der Waals surface area contributed by atoms with E-state index in [1.807, 2.05) is 24.0 Å². The summed E-state index contributed by atoms with van der Waals surface area (Å²) in [7, 11) is 1.82. The molecule has 6 heteroatoms. The Morgan fingerprint density at radius 3 is 2.61 bits per heavy atom. The van der Waals surface area contributed by atoms with Gasteiger partial charge in [-0.1, -0.05) is 44.2 Å². The van der Waals surface area contributed by atoms with E-state index < -0.39 is 0 Å². The second kappa shape index (κ2) is 12.2. The highest BCUT2D eigenvalue weighted by molar-refractivity contribution is 5.79. The van der Waals surface area contributed by atoms with E-state index in [-0.39, 0.29) is 0 Å². The van der Waals surface area contributed by atoms with Gasteiger partial charge in [-0.15, -0.1) is 0 Å². The molecule has 1 unspecified atom stereocenters. The molecular weight excluding hydrogens is 348 g/mol. The number of benzene rings is 1. The van der Waals surface area contributed by atoms with Crippen LogP contribution in [0.2, 0.25) is 0 Å². The van der Waals surface area contributed by atoms with Crippen molar-refractivity contribution in [1.29, 1.82) is 0 Å². The summed E-state index contributed by atoms with van der Waals surface area (Å²) in [5, 5.41) is 11.3. The zero-order valence-electron chi connectivity index (χ0n) is 17.9. The molecule has 2 aromatic rings. The predicted octanol–water partition coefficient (Wildman–Crippen LogP) is 3.11. The molecule has 154 valence electrons. The van der Waals surface area contributed by atoms with Crippen LogP contribution in [0.15, 0.2) is 47.7 Å². The van der Waals surface area contributed by atoms with Crippen molar-refractivity contribution >= 4 is 5.96 Å². The lowest BCUT2D eigenvalue weighted by Crippen LogP contribution is -2.42. The fraction of sp³-hybridized carbons (Fsp3) is 0.545. The Hall–Kier alpha value is -2.34. The molecule has 28 heavy (non-hydrogen) atoms. The lowest BCUT2D eigenvalue weighted by Gasteiger charge is -2.21. The van der Waals surface area contributed by atoms with Gasteiger partial charge in [-0.3, -0.25) is 9.67 Å². The minimum absolute atomic E-state index is 0.391. The first-order valence-electron chi connectivity index (χ1n) is 10.4. The van der Waals surface area contributed by atoms with Gasteiger partial charge in [-0.05, 0) is 45.0 Å². The van der Waals surface area contributed by atoms with Gasteiger partial charge in [0, 0.05) is 31.4 Å². The van der Waals surface area contributed by atoms with Crippen molar-refractivity contribution in [2.45, 2.75) is 52.7 Å². The van der Waals surface area contributed by atoms with Crippen molar-refractivity contribution in [3.05, 3.63) is 53.9 Å². The SMILES string of the molecule is CCN(CC)CCCC(C)NC(=NC)NCc1cnn(Cc2ccccc2)c1. The van der Waals surface area contributed by atoms with Gasteiger partial charge in [0.25, 0.3) is 0 Å². The fourth-order valence-corrected chi connectivity index (χ4v) is 3.20. The number of aliphatic imine (C=N–C) groups is 1. The fourth-order valence-electron chi connectivity index (χ4n) is 3.20. The van der Waals surface area contributed by atoms with Crippen molar-refractivity contribution in [3.63, 3.8) is 0 Å². The minimum Gasteiger partial charge on any atom is -0.354 e. The lowest BCUT2D eigenvalue weighted by atomic mass is 10.2. The Kier molecular flexibility index (Phi) is 9.55. The summed E-state index contributed by atoms with van der Waals surface area (Å²) in [6.45, 7) is 11.6. The van der Waals surface area contributed by atoms with Gasteiger partial charge < -0.3 is 15.5 Å². The van der Waals surface area contributed by atoms with E-state index in [2.05, 4.69) is 76.9 Å². The number of nitrogens with one attached hydrogen (secondary N) is 2. The Morgan fingerprint density at radius 2 is 1.93 bits per heavy atom. The van der Waals surface area contributed by atoms with Crippen LogP contribution in [-0.2, 0) is 13.1 Å². The van der Waals surface area contributed by atoms with Crippen molar-refractivity contribution in [2.24, 2.45) is 4.99 Å². The lowest BCUT2D eigenvalue weighted by molar-refractivity contribution is 0.292. The molecule has 1 aromatic carbocycles. The van der Waals surface area contributed by atoms with Crippen LogP contribution in [0, 0.1) is 0 Å². The highest BCUT2D eigenvalue weighted by atomic mass is 15.3. The van der Waals surface area contributed by atoms with Crippen molar-refractivity contribution < 1.29 is 0 Å². The first-order valence-corrected chi connectivity index (χ1v) is 10.4. The van der Waals surface area contributed by atoms with Gasteiger partial charge in [-0.2, -0.15) is 5.10 Å². The van der Waals surface area contributed by atoms with Crippen molar-refractivity contribution in [2.75, 3.05) is 26.7 Å². The van der Waals surface area contributed by atoms with E-state index in [9.17, 15) is 0 Å². The zero-order chi connectivity index (χ0) is 20.2. The predicted molar refractivity (Wildman–Crippen MR) is 118 cm³/mol. The summed E-state index contributed by atoms with van der Waals surface area (Å²) >= 11 is 0. The van der Waals surface area contributed by atoms with Crippen LogP contribution in [0.3, 0.4) is 0 Å². The van der Waals surface area contributed by atoms with E-state index in [4.69, 9.17) is 0 Å². The zero-order valence-corrected chi connectivity index (χ0v) is 17.9. The van der Waals surface area contributed by atoms with Gasteiger partial charge in [0.1, 0.15) is 0 Å². The summed E-state index contributed by atoms with van der Waals surface area (Å²) in [5.41, 5.74) is 2.40. The van der Waals surface area contributed by atoms with Crippen molar-refractivity contribution in [3.8, 4) is 0 Å². The third kappa shape index (κ3) is 7.72. The summed E-state index contributed by atoms with van der Waals surface area (Å²) < 4.78 is 1.97. The topological polar surface area (TPSA) is 57.5 Å². The van der Waals surface area contributed by atoms with Crippen LogP contribution in [-0.4, -0.2) is 53.4 Å². The molecule has 1 aromatic heterocycles. The molecule has 1 atom stereocenters. The summed E-state index contributed by atoms with van der Waals surface area (Å²) in [6, 6.07) is 10.8. The third-order valence-electron chi connectivity index (χ3n) is 4.95. The van der Waals surface area contributed by atoms with Crippen LogP contribution >= 0.6 is 0 Å². The maximum atomic E-state index is 4.46. The van der Waals surface area contributed by atoms with Gasteiger partial charge >= 0.3 is 0 Å². The molecule has 0 bridgehead atoms. The number of rotatable bonds is 11. The number of hydrogen-bond acceptors (Lipinski definition) is 3. The average molecular weight is 385 g/mol. The number of hydrogen-bond donors (Lipinski definition) is 2. The maximum Gasteiger partial charge on any atom is 0.191 e. The summed E-state index contributed by atoms with van der Waals surface area (Å²) in [5.74, 6) is 0.839. The Balaban J connectivity index is 1.73. The van der Waals surface area contributed by atoms with E-state index in [1.165, 1.54) is 12.0 Å². The second-order valence-corrected chi connectivity index (χ2v) is 7.17. The molecule has 0 amide bonds. The van der Waals surface area contributed by atoms with Crippen LogP contribution in [0.4, 0.5) is 0 Å². The van der Waals surface area contributed by atoms with Crippen LogP contribution in [0.1, 0.15) is 44.7 Å². The van der Waals surface area contributed by atoms with Crippen molar-refractivity contribution in [1.82, 2.24) is 25.3 Å². The smallest absolute Gasteiger partial charge is 0.191 e. The second-order valence-electron chi connectivity index (χ2n) is 7.17. The molecule has 0 fully saturated rings. The molecule has 0 aliphatic heterocycles. The first-order chi connectivity index (χ1) is 13.6. The molecule has 0 radical (unpaired) electrons. The van der Waals surface area contributed by atoms with E-state index in [0.29, 0.717) is 12.6 Å². The molecule has 0 aliphatic carbocycles. The van der Waals surface area contributed by atoms with Gasteiger partial charge in [0.15, 0.2) is 5.96 Å². The van der Waals surface area contributed by atoms with E-state index in [1.54, 1.807) is 0 Å². The third-order valence-corrected chi connectivity index (χ3v) is 4.95. The summed E-state index contributed by atoms with van der Waals surface area (Å²) in [4.78, 5) is 6.82.